The number of rotatable bonds is 11. The summed E-state index contributed by atoms with van der Waals surface area (Å²) >= 11 is 0. The van der Waals surface area contributed by atoms with E-state index in [1.54, 1.807) is 7.11 Å². The number of aromatic nitrogens is 1. The van der Waals surface area contributed by atoms with Crippen molar-refractivity contribution < 1.29 is 14.4 Å². The van der Waals surface area contributed by atoms with Gasteiger partial charge in [0, 0.05) is 45.4 Å². The number of nitrogens with zero attached hydrogens (tertiary/aromatic N) is 3. The maximum Gasteiger partial charge on any atom is 0.232 e. The van der Waals surface area contributed by atoms with Gasteiger partial charge < -0.3 is 19.3 Å². The van der Waals surface area contributed by atoms with Crippen LogP contribution < -0.4 is 4.90 Å². The van der Waals surface area contributed by atoms with Crippen molar-refractivity contribution in [3.63, 3.8) is 0 Å². The Hall–Kier alpha value is -2.67. The first-order chi connectivity index (χ1) is 15.4. The average molecular weight is 438 g/mol. The van der Waals surface area contributed by atoms with Crippen LogP contribution in [-0.4, -0.2) is 54.6 Å². The van der Waals surface area contributed by atoms with E-state index in [0.29, 0.717) is 19.6 Å². The normalized spacial score (nSPS) is 12.5. The van der Waals surface area contributed by atoms with Gasteiger partial charge in [-0.15, -0.1) is 0 Å². The molecule has 1 N–H and O–H groups in total. The Bertz CT molecular complexity index is 971. The van der Waals surface area contributed by atoms with Crippen molar-refractivity contribution in [3.8, 4) is 11.3 Å². The molecule has 0 fully saturated rings. The third kappa shape index (κ3) is 6.19. The molecule has 0 radical (unpaired) electrons. The first-order valence-electron chi connectivity index (χ1n) is 11.1. The minimum absolute atomic E-state index is 0.259. The van der Waals surface area contributed by atoms with Crippen LogP contribution in [0, 0.1) is 6.92 Å². The summed E-state index contributed by atoms with van der Waals surface area (Å²) in [5, 5.41) is 15.0. The summed E-state index contributed by atoms with van der Waals surface area (Å²) in [5.74, 6) is 0.759. The molecule has 0 aliphatic rings. The van der Waals surface area contributed by atoms with Gasteiger partial charge in [0.1, 0.15) is 5.69 Å². The van der Waals surface area contributed by atoms with Crippen LogP contribution in [0.25, 0.3) is 11.3 Å². The summed E-state index contributed by atoms with van der Waals surface area (Å²) in [7, 11) is 3.63. The van der Waals surface area contributed by atoms with E-state index in [2.05, 4.69) is 60.0 Å². The van der Waals surface area contributed by atoms with Crippen LogP contribution >= 0.6 is 0 Å². The molecule has 2 aromatic carbocycles. The summed E-state index contributed by atoms with van der Waals surface area (Å²) in [5.41, 5.74) is 5.29. The maximum absolute atomic E-state index is 10.5. The second-order valence-electron chi connectivity index (χ2n) is 8.65. The molecule has 0 saturated carbocycles. The molecule has 0 amide bonds. The lowest BCUT2D eigenvalue weighted by Gasteiger charge is -2.27. The van der Waals surface area contributed by atoms with Crippen LogP contribution in [0.4, 0.5) is 5.88 Å². The van der Waals surface area contributed by atoms with Crippen molar-refractivity contribution in [2.45, 2.75) is 46.0 Å². The van der Waals surface area contributed by atoms with Crippen LogP contribution in [-0.2, 0) is 17.8 Å². The lowest BCUT2D eigenvalue weighted by molar-refractivity contribution is 0.0338. The summed E-state index contributed by atoms with van der Waals surface area (Å²) < 4.78 is 11.0. The lowest BCUT2D eigenvalue weighted by atomic mass is 10.1. The first-order valence-corrected chi connectivity index (χ1v) is 11.1. The fourth-order valence-corrected chi connectivity index (χ4v) is 3.80. The molecule has 6 nitrogen and oxygen atoms in total. The van der Waals surface area contributed by atoms with E-state index < -0.39 is 6.10 Å². The summed E-state index contributed by atoms with van der Waals surface area (Å²) in [6.45, 7) is 8.41. The fourth-order valence-electron chi connectivity index (χ4n) is 3.80. The van der Waals surface area contributed by atoms with Gasteiger partial charge in [-0.3, -0.25) is 4.90 Å². The first kappa shape index (κ1) is 24.0. The minimum atomic E-state index is -0.587. The Morgan fingerprint density at radius 1 is 1.06 bits per heavy atom. The quantitative estimate of drug-likeness (QED) is 0.476. The molecule has 0 aliphatic heterocycles. The topological polar surface area (TPSA) is 62.0 Å². The number of hydrogen-bond acceptors (Lipinski definition) is 6. The monoisotopic (exact) mass is 437 g/mol. The number of aryl methyl sites for hydroxylation is 1. The largest absolute Gasteiger partial charge is 0.389 e. The van der Waals surface area contributed by atoms with Crippen molar-refractivity contribution >= 4 is 5.88 Å². The maximum atomic E-state index is 10.5. The molecule has 1 heterocycles. The second kappa shape index (κ2) is 11.3. The highest BCUT2D eigenvalue weighted by atomic mass is 16.5. The summed E-state index contributed by atoms with van der Waals surface area (Å²) in [6.07, 6.45) is -0.587. The SMILES string of the molecule is COC[C@@H](O)CN(Cc1cccc(C)c1)Cc1c(-c2ccccc2)noc1N(C)C(C)C. The number of aliphatic hydroxyl groups excluding tert-OH is 1. The lowest BCUT2D eigenvalue weighted by Crippen LogP contribution is -2.35. The highest BCUT2D eigenvalue weighted by Crippen LogP contribution is 2.33. The zero-order chi connectivity index (χ0) is 23.1. The summed E-state index contributed by atoms with van der Waals surface area (Å²) in [4.78, 5) is 4.33. The number of aliphatic hydroxyl groups is 1. The molecule has 3 aromatic rings. The molecule has 0 aliphatic carbocycles. The van der Waals surface area contributed by atoms with Gasteiger partial charge in [-0.05, 0) is 26.3 Å². The van der Waals surface area contributed by atoms with E-state index in [1.165, 1.54) is 11.1 Å². The van der Waals surface area contributed by atoms with E-state index in [9.17, 15) is 5.11 Å². The number of anilines is 1. The average Bonchev–Trinajstić information content (AvgIpc) is 3.17. The molecular formula is C26H35N3O3. The van der Waals surface area contributed by atoms with Crippen LogP contribution in [0.15, 0.2) is 59.1 Å². The number of hydrogen-bond donors (Lipinski definition) is 1. The van der Waals surface area contributed by atoms with Gasteiger partial charge in [0.15, 0.2) is 0 Å². The Balaban J connectivity index is 1.98. The van der Waals surface area contributed by atoms with Gasteiger partial charge in [0.2, 0.25) is 5.88 Å². The zero-order valence-electron chi connectivity index (χ0n) is 19.8. The molecule has 172 valence electrons. The van der Waals surface area contributed by atoms with Crippen molar-refractivity contribution in [2.75, 3.05) is 32.2 Å². The molecule has 0 bridgehead atoms. The molecule has 6 heteroatoms. The van der Waals surface area contributed by atoms with Crippen molar-refractivity contribution in [3.05, 3.63) is 71.3 Å². The third-order valence-corrected chi connectivity index (χ3v) is 5.61. The predicted molar refractivity (Wildman–Crippen MR) is 129 cm³/mol. The molecular weight excluding hydrogens is 402 g/mol. The van der Waals surface area contributed by atoms with E-state index in [1.807, 2.05) is 37.4 Å². The molecule has 32 heavy (non-hydrogen) atoms. The molecule has 0 unspecified atom stereocenters. The van der Waals surface area contributed by atoms with Gasteiger partial charge in [-0.25, -0.2) is 0 Å². The number of methoxy groups -OCH3 is 1. The smallest absolute Gasteiger partial charge is 0.232 e. The molecule has 1 atom stereocenters. The summed E-state index contributed by atoms with van der Waals surface area (Å²) in [6, 6.07) is 18.8. The Morgan fingerprint density at radius 2 is 1.81 bits per heavy atom. The van der Waals surface area contributed by atoms with E-state index in [4.69, 9.17) is 9.26 Å². The highest BCUT2D eigenvalue weighted by Gasteiger charge is 2.25. The van der Waals surface area contributed by atoms with E-state index in [0.717, 1.165) is 22.7 Å². The van der Waals surface area contributed by atoms with Crippen molar-refractivity contribution in [2.24, 2.45) is 0 Å². The van der Waals surface area contributed by atoms with Gasteiger partial charge in [-0.1, -0.05) is 65.3 Å². The Kier molecular flexibility index (Phi) is 8.45. The Morgan fingerprint density at radius 3 is 2.47 bits per heavy atom. The third-order valence-electron chi connectivity index (χ3n) is 5.61. The molecule has 0 saturated heterocycles. The van der Waals surface area contributed by atoms with Gasteiger partial charge in [0.25, 0.3) is 0 Å². The minimum Gasteiger partial charge on any atom is -0.389 e. The number of benzene rings is 2. The van der Waals surface area contributed by atoms with E-state index in [-0.39, 0.29) is 12.6 Å². The second-order valence-corrected chi connectivity index (χ2v) is 8.65. The van der Waals surface area contributed by atoms with Gasteiger partial charge in [-0.2, -0.15) is 0 Å². The standard InChI is InChI=1S/C26H35N3O3/c1-19(2)28(4)26-24(25(27-32-26)22-12-7-6-8-13-22)17-29(16-23(30)18-31-5)15-21-11-9-10-20(3)14-21/h6-14,19,23,30H,15-18H2,1-5H3/t23-/m0/s1. The van der Waals surface area contributed by atoms with Crippen molar-refractivity contribution in [1.29, 1.82) is 0 Å². The zero-order valence-corrected chi connectivity index (χ0v) is 19.8. The van der Waals surface area contributed by atoms with Crippen LogP contribution in [0.2, 0.25) is 0 Å². The highest BCUT2D eigenvalue weighted by molar-refractivity contribution is 5.68. The number of ether oxygens (including phenoxy) is 1. The van der Waals surface area contributed by atoms with Gasteiger partial charge in [0.05, 0.1) is 18.3 Å². The van der Waals surface area contributed by atoms with Crippen LogP contribution in [0.5, 0.6) is 0 Å². The molecule has 3 rings (SSSR count). The molecule has 1 aromatic heterocycles. The Labute approximate surface area is 191 Å². The van der Waals surface area contributed by atoms with Crippen molar-refractivity contribution in [1.82, 2.24) is 10.1 Å². The van der Waals surface area contributed by atoms with Crippen LogP contribution in [0.3, 0.4) is 0 Å². The van der Waals surface area contributed by atoms with Gasteiger partial charge >= 0.3 is 0 Å². The van der Waals surface area contributed by atoms with Crippen LogP contribution in [0.1, 0.15) is 30.5 Å². The molecule has 0 spiro atoms. The van der Waals surface area contributed by atoms with E-state index >= 15 is 0 Å². The predicted octanol–water partition coefficient (Wildman–Crippen LogP) is 4.50. The fraction of sp³-hybridized carbons (Fsp3) is 0.423.